The van der Waals surface area contributed by atoms with Crippen LogP contribution in [0.2, 0.25) is 0 Å². The van der Waals surface area contributed by atoms with Crippen molar-refractivity contribution >= 4 is 92.0 Å². The third-order valence-electron chi connectivity index (χ3n) is 15.4. The van der Waals surface area contributed by atoms with E-state index < -0.39 is 15.8 Å². The van der Waals surface area contributed by atoms with E-state index in [9.17, 15) is 0 Å². The first-order chi connectivity index (χ1) is 35.7. The number of anilines is 4. The summed E-state index contributed by atoms with van der Waals surface area (Å²) in [5, 5.41) is 13.9. The van der Waals surface area contributed by atoms with Gasteiger partial charge in [0.15, 0.2) is 0 Å². The molecule has 6 heteroatoms. The minimum atomic E-state index is -1.22. The molecular weight excluding hydrogens is 935 g/mol. The molecule has 0 atom stereocenters. The molecule has 0 aromatic heterocycles. The second-order valence-electron chi connectivity index (χ2n) is 20.9. The van der Waals surface area contributed by atoms with Gasteiger partial charge in [-0.15, -0.1) is 0 Å². The highest BCUT2D eigenvalue weighted by Crippen LogP contribution is 2.49. The Morgan fingerprint density at radius 3 is 0.946 bits per heavy atom. The Morgan fingerprint density at radius 1 is 0.311 bits per heavy atom. The highest BCUT2D eigenvalue weighted by Gasteiger charge is 2.34. The van der Waals surface area contributed by atoms with Crippen molar-refractivity contribution in [3.05, 3.63) is 166 Å². The second kappa shape index (κ2) is 23.5. The quantitative estimate of drug-likeness (QED) is 0.0748. The number of rotatable bonds is 19. The van der Waals surface area contributed by atoms with E-state index in [4.69, 9.17) is 0 Å². The molecule has 0 spiro atoms. The molecule has 0 saturated carbocycles. The third-order valence-corrected chi connectivity index (χ3v) is 20.4. The summed E-state index contributed by atoms with van der Waals surface area (Å²) in [6.45, 7) is 18.8. The third kappa shape index (κ3) is 10.2. The maximum atomic E-state index is 2.68. The van der Waals surface area contributed by atoms with E-state index in [-0.39, 0.29) is 0 Å². The van der Waals surface area contributed by atoms with E-state index in [0.717, 1.165) is 51.4 Å². The van der Waals surface area contributed by atoms with E-state index in [0.29, 0.717) is 0 Å². The molecule has 0 heterocycles. The van der Waals surface area contributed by atoms with Crippen molar-refractivity contribution in [1.29, 1.82) is 0 Å². The summed E-state index contributed by atoms with van der Waals surface area (Å²) in [7, 11) is 15.5. The molecule has 0 fully saturated rings. The summed E-state index contributed by atoms with van der Waals surface area (Å²) in [6.07, 6.45) is 7.69. The van der Waals surface area contributed by atoms with Crippen molar-refractivity contribution in [2.75, 3.05) is 76.0 Å². The molecule has 74 heavy (non-hydrogen) atoms. The largest absolute Gasteiger partial charge is 0.377 e. The van der Waals surface area contributed by atoms with Crippen molar-refractivity contribution in [3.63, 3.8) is 0 Å². The summed E-state index contributed by atoms with van der Waals surface area (Å²) in [4.78, 5) is 9.46. The van der Waals surface area contributed by atoms with Crippen molar-refractivity contribution < 1.29 is 0 Å². The highest BCUT2D eigenvalue weighted by atomic mass is 31.1. The van der Waals surface area contributed by atoms with Crippen LogP contribution >= 0.6 is 15.8 Å². The summed E-state index contributed by atoms with van der Waals surface area (Å²) >= 11 is 0. The number of aryl methyl sites for hydroxylation is 8. The van der Waals surface area contributed by atoms with E-state index >= 15 is 0 Å². The smallest absolute Gasteiger partial charge is 0.0426 e. The van der Waals surface area contributed by atoms with Gasteiger partial charge in [-0.2, -0.15) is 0 Å². The Morgan fingerprint density at radius 2 is 0.608 bits per heavy atom. The van der Waals surface area contributed by atoms with E-state index in [1.807, 2.05) is 0 Å². The minimum Gasteiger partial charge on any atom is -0.377 e. The zero-order chi connectivity index (χ0) is 53.1. The van der Waals surface area contributed by atoms with Crippen molar-refractivity contribution in [2.24, 2.45) is 0 Å². The highest BCUT2D eigenvalue weighted by molar-refractivity contribution is 7.85. The SMILES string of the molecule is CCc1cc(P(c2cc(CC)c(N(C)C)c(CC)c2)c2cc3ccccc3c(-c3cccc4ccccc34)c2P(c2cc(CC)c(N(C)C)c(CC)c2)c2cc(CC)c(N(C)C)c(CC)c2)cc(CC)c1N(C)C. The number of nitrogens with zero attached hydrogens (tertiary/aromatic N) is 4. The number of benzene rings is 8. The van der Waals surface area contributed by atoms with Gasteiger partial charge in [0.05, 0.1) is 0 Å². The molecule has 0 amide bonds. The maximum Gasteiger partial charge on any atom is 0.0426 e. The first-order valence-corrected chi connectivity index (χ1v) is 30.3. The summed E-state index contributed by atoms with van der Waals surface area (Å²) < 4.78 is 0. The fraction of sp³-hybridized carbons (Fsp3) is 0.353. The Labute approximate surface area is 449 Å². The zero-order valence-corrected chi connectivity index (χ0v) is 49.7. The topological polar surface area (TPSA) is 13.0 Å². The molecule has 0 bridgehead atoms. The molecule has 0 saturated heterocycles. The Kier molecular flexibility index (Phi) is 17.3. The van der Waals surface area contributed by atoms with E-state index in [2.05, 4.69) is 253 Å². The first-order valence-electron chi connectivity index (χ1n) is 27.6. The van der Waals surface area contributed by atoms with Gasteiger partial charge in [-0.3, -0.25) is 0 Å². The Hall–Kier alpha value is -5.66. The van der Waals surface area contributed by atoms with Gasteiger partial charge in [0.2, 0.25) is 0 Å². The van der Waals surface area contributed by atoms with Crippen LogP contribution in [0, 0.1) is 0 Å². The Balaban J connectivity index is 1.71. The van der Waals surface area contributed by atoms with Crippen LogP contribution in [0.1, 0.15) is 99.9 Å². The van der Waals surface area contributed by atoms with Crippen molar-refractivity contribution in [3.8, 4) is 11.1 Å². The van der Waals surface area contributed by atoms with Gasteiger partial charge in [0.1, 0.15) is 0 Å². The summed E-state index contributed by atoms with van der Waals surface area (Å²) in [5.74, 6) is 0. The van der Waals surface area contributed by atoms with Gasteiger partial charge in [0.25, 0.3) is 0 Å². The fourth-order valence-electron chi connectivity index (χ4n) is 12.2. The van der Waals surface area contributed by atoms with Crippen LogP contribution in [0.15, 0.2) is 121 Å². The summed E-state index contributed by atoms with van der Waals surface area (Å²) in [6, 6.07) is 49.3. The van der Waals surface area contributed by atoms with Gasteiger partial charge < -0.3 is 19.6 Å². The number of fused-ring (bicyclic) bond motifs is 2. The van der Waals surface area contributed by atoms with Gasteiger partial charge in [0, 0.05) is 84.4 Å². The van der Waals surface area contributed by atoms with Crippen molar-refractivity contribution in [1.82, 2.24) is 0 Å². The lowest BCUT2D eigenvalue weighted by atomic mass is 9.94. The van der Waals surface area contributed by atoms with E-state index in [1.54, 1.807) is 0 Å². The van der Waals surface area contributed by atoms with Gasteiger partial charge in [-0.05, 0) is 226 Å². The van der Waals surface area contributed by atoms with Gasteiger partial charge in [-0.25, -0.2) is 0 Å². The van der Waals surface area contributed by atoms with Crippen LogP contribution in [-0.2, 0) is 51.4 Å². The number of hydrogen-bond donors (Lipinski definition) is 0. The molecule has 8 aromatic rings. The predicted octanol–water partition coefficient (Wildman–Crippen LogP) is 13.9. The molecule has 8 aromatic carbocycles. The molecule has 0 aliphatic heterocycles. The molecule has 4 nitrogen and oxygen atoms in total. The average molecular weight is 1020 g/mol. The monoisotopic (exact) mass is 1020 g/mol. The lowest BCUT2D eigenvalue weighted by Gasteiger charge is -2.34. The standard InChI is InChI=1S/C68H84N4P2/c1-17-45-36-55(37-46(18-2)64(45)69(9)10)73(56-38-47(19-3)65(70(11)12)48(20-4)39-56)62-44-54-31-26-28-34-60(54)63(61-35-29-32-53-30-25-27-33-59(53)61)68(62)74(57-40-49(21-5)66(71(13)14)50(22-6)41-57)58-42-51(23-7)67(72(15)16)52(24-8)43-58/h25-44H,17-24H2,1-16H3. The Bertz CT molecular complexity index is 3070. The zero-order valence-electron chi connectivity index (χ0n) is 47.9. The predicted molar refractivity (Wildman–Crippen MR) is 337 cm³/mol. The normalized spacial score (nSPS) is 11.6. The van der Waals surface area contributed by atoms with Crippen LogP contribution in [0.4, 0.5) is 22.7 Å². The molecule has 8 rings (SSSR count). The molecule has 0 aliphatic rings. The summed E-state index contributed by atoms with van der Waals surface area (Å²) in [5.41, 5.74) is 19.5. The van der Waals surface area contributed by atoms with Crippen LogP contribution in [-0.4, -0.2) is 56.4 Å². The lowest BCUT2D eigenvalue weighted by molar-refractivity contribution is 1.02. The second-order valence-corrected chi connectivity index (χ2v) is 25.2. The number of hydrogen-bond acceptors (Lipinski definition) is 4. The minimum absolute atomic E-state index is 0.959. The van der Waals surface area contributed by atoms with Crippen LogP contribution in [0.5, 0.6) is 0 Å². The molecule has 0 unspecified atom stereocenters. The van der Waals surface area contributed by atoms with Crippen LogP contribution in [0.3, 0.4) is 0 Å². The molecular formula is C68H84N4P2. The molecule has 0 radical (unpaired) electrons. The maximum absolute atomic E-state index is 2.68. The van der Waals surface area contributed by atoms with Gasteiger partial charge in [-0.1, -0.05) is 122 Å². The van der Waals surface area contributed by atoms with Crippen molar-refractivity contribution in [2.45, 2.75) is 107 Å². The average Bonchev–Trinajstić information content (AvgIpc) is 3.41. The molecule has 0 aliphatic carbocycles. The van der Waals surface area contributed by atoms with Gasteiger partial charge >= 0.3 is 0 Å². The lowest BCUT2D eigenvalue weighted by Crippen LogP contribution is -2.37. The van der Waals surface area contributed by atoms with Crippen LogP contribution in [0.25, 0.3) is 32.7 Å². The molecule has 386 valence electrons. The fourth-order valence-corrected chi connectivity index (χ4v) is 18.1. The first kappa shape index (κ1) is 54.6. The van der Waals surface area contributed by atoms with E-state index in [1.165, 1.54) is 132 Å². The van der Waals surface area contributed by atoms with Crippen LogP contribution < -0.4 is 51.4 Å². The molecule has 0 N–H and O–H groups in total.